The van der Waals surface area contributed by atoms with Crippen LogP contribution in [0.4, 0.5) is 11.5 Å². The summed E-state index contributed by atoms with van der Waals surface area (Å²) in [7, 11) is 0. The van der Waals surface area contributed by atoms with Crippen molar-refractivity contribution in [2.24, 2.45) is 0 Å². The van der Waals surface area contributed by atoms with Gasteiger partial charge in [0, 0.05) is 22.9 Å². The molecule has 0 bridgehead atoms. The Labute approximate surface area is 113 Å². The van der Waals surface area contributed by atoms with Crippen molar-refractivity contribution in [3.63, 3.8) is 0 Å². The first-order valence-corrected chi connectivity index (χ1v) is 6.35. The van der Waals surface area contributed by atoms with Crippen molar-refractivity contribution >= 4 is 39.0 Å². The van der Waals surface area contributed by atoms with Gasteiger partial charge in [-0.3, -0.25) is 4.68 Å². The highest BCUT2D eigenvalue weighted by atomic mass is 79.9. The predicted molar refractivity (Wildman–Crippen MR) is 72.8 cm³/mol. The molecule has 0 unspecified atom stereocenters. The first-order chi connectivity index (χ1) is 8.06. The van der Waals surface area contributed by atoms with E-state index in [9.17, 15) is 0 Å². The van der Waals surface area contributed by atoms with Crippen LogP contribution in [0.15, 0.2) is 29.1 Å². The van der Waals surface area contributed by atoms with Crippen LogP contribution in [0.5, 0.6) is 0 Å². The van der Waals surface area contributed by atoms with Gasteiger partial charge in [0.2, 0.25) is 0 Å². The van der Waals surface area contributed by atoms with Crippen molar-refractivity contribution in [3.8, 4) is 0 Å². The van der Waals surface area contributed by atoms with Crippen LogP contribution in [0.25, 0.3) is 0 Å². The fourth-order valence-corrected chi connectivity index (χ4v) is 2.00. The summed E-state index contributed by atoms with van der Waals surface area (Å²) in [6.45, 7) is 4.14. The zero-order valence-corrected chi connectivity index (χ0v) is 11.8. The normalized spacial score (nSPS) is 10.9. The molecule has 0 radical (unpaired) electrons. The highest BCUT2D eigenvalue weighted by Crippen LogP contribution is 2.25. The topological polar surface area (TPSA) is 42.7 Å². The first-order valence-electron chi connectivity index (χ1n) is 5.18. The van der Waals surface area contributed by atoms with E-state index in [1.165, 1.54) is 0 Å². The lowest BCUT2D eigenvalue weighted by Gasteiger charge is -2.05. The van der Waals surface area contributed by atoms with Crippen molar-refractivity contribution < 1.29 is 0 Å². The molecule has 4 nitrogen and oxygen atoms in total. The number of anilines is 2. The van der Waals surface area contributed by atoms with Crippen LogP contribution in [0.2, 0.25) is 5.02 Å². The van der Waals surface area contributed by atoms with Crippen LogP contribution in [0.1, 0.15) is 19.9 Å². The molecule has 0 aromatic carbocycles. The Bertz CT molecular complexity index is 524. The summed E-state index contributed by atoms with van der Waals surface area (Å²) in [5, 5.41) is 7.93. The maximum Gasteiger partial charge on any atom is 0.149 e. The fourth-order valence-electron chi connectivity index (χ4n) is 1.33. The zero-order valence-electron chi connectivity index (χ0n) is 9.48. The molecule has 0 amide bonds. The molecule has 0 spiro atoms. The standard InChI is InChI=1S/C11H12BrClN4/c1-7(2)17-6-9(5-15-17)16-11-10(13)3-8(12)4-14-11/h3-7H,1-2H3,(H,14,16). The highest BCUT2D eigenvalue weighted by Gasteiger charge is 2.06. The second-order valence-electron chi connectivity index (χ2n) is 3.91. The molecule has 0 aliphatic carbocycles. The Morgan fingerprint density at radius 1 is 1.41 bits per heavy atom. The van der Waals surface area contributed by atoms with Gasteiger partial charge in [-0.2, -0.15) is 5.10 Å². The minimum atomic E-state index is 0.332. The SMILES string of the molecule is CC(C)n1cc(Nc2ncc(Br)cc2Cl)cn1. The molecule has 0 saturated heterocycles. The minimum Gasteiger partial charge on any atom is -0.336 e. The van der Waals surface area contributed by atoms with E-state index in [1.807, 2.05) is 10.9 Å². The monoisotopic (exact) mass is 314 g/mol. The highest BCUT2D eigenvalue weighted by molar-refractivity contribution is 9.10. The Morgan fingerprint density at radius 3 is 2.76 bits per heavy atom. The number of pyridine rings is 1. The molecule has 0 fully saturated rings. The van der Waals surface area contributed by atoms with Gasteiger partial charge < -0.3 is 5.32 Å². The van der Waals surface area contributed by atoms with E-state index >= 15 is 0 Å². The number of halogens is 2. The Hall–Kier alpha value is -1.07. The van der Waals surface area contributed by atoms with Crippen LogP contribution >= 0.6 is 27.5 Å². The number of hydrogen-bond acceptors (Lipinski definition) is 3. The summed E-state index contributed by atoms with van der Waals surface area (Å²) in [5.41, 5.74) is 0.871. The van der Waals surface area contributed by atoms with Gasteiger partial charge in [-0.1, -0.05) is 11.6 Å². The fraction of sp³-hybridized carbons (Fsp3) is 0.273. The molecule has 0 aliphatic rings. The average molecular weight is 316 g/mol. The van der Waals surface area contributed by atoms with Crippen LogP contribution in [0, 0.1) is 0 Å². The summed E-state index contributed by atoms with van der Waals surface area (Å²) in [6, 6.07) is 2.13. The number of hydrogen-bond donors (Lipinski definition) is 1. The molecule has 0 atom stereocenters. The van der Waals surface area contributed by atoms with E-state index < -0.39 is 0 Å². The van der Waals surface area contributed by atoms with Crippen molar-refractivity contribution in [1.82, 2.24) is 14.8 Å². The average Bonchev–Trinajstić information content (AvgIpc) is 2.71. The number of rotatable bonds is 3. The van der Waals surface area contributed by atoms with Crippen molar-refractivity contribution in [2.75, 3.05) is 5.32 Å². The summed E-state index contributed by atoms with van der Waals surface area (Å²) in [4.78, 5) is 4.20. The molecule has 2 heterocycles. The summed E-state index contributed by atoms with van der Waals surface area (Å²) in [5.74, 6) is 0.623. The van der Waals surface area contributed by atoms with Gasteiger partial charge in [0.1, 0.15) is 5.82 Å². The Morgan fingerprint density at radius 2 is 2.18 bits per heavy atom. The smallest absolute Gasteiger partial charge is 0.149 e. The predicted octanol–water partition coefficient (Wildman–Crippen LogP) is 4.02. The van der Waals surface area contributed by atoms with Gasteiger partial charge in [-0.05, 0) is 35.8 Å². The molecule has 6 heteroatoms. The lowest BCUT2D eigenvalue weighted by molar-refractivity contribution is 0.532. The minimum absolute atomic E-state index is 0.332. The van der Waals surface area contributed by atoms with E-state index in [0.29, 0.717) is 16.9 Å². The third-order valence-corrected chi connectivity index (χ3v) is 2.92. The van der Waals surface area contributed by atoms with Crippen LogP contribution < -0.4 is 5.32 Å². The lowest BCUT2D eigenvalue weighted by Crippen LogP contribution is -2.00. The van der Waals surface area contributed by atoms with Crippen molar-refractivity contribution in [1.29, 1.82) is 0 Å². The Kier molecular flexibility index (Phi) is 3.69. The largest absolute Gasteiger partial charge is 0.336 e. The van der Waals surface area contributed by atoms with Gasteiger partial charge in [0.25, 0.3) is 0 Å². The second-order valence-corrected chi connectivity index (χ2v) is 5.23. The van der Waals surface area contributed by atoms with Gasteiger partial charge in [0.05, 0.1) is 16.9 Å². The van der Waals surface area contributed by atoms with Crippen molar-refractivity contribution in [2.45, 2.75) is 19.9 Å². The lowest BCUT2D eigenvalue weighted by atomic mass is 10.4. The summed E-state index contributed by atoms with van der Waals surface area (Å²) in [6.07, 6.45) is 5.37. The van der Waals surface area contributed by atoms with Gasteiger partial charge in [-0.15, -0.1) is 0 Å². The van der Waals surface area contributed by atoms with Crippen molar-refractivity contribution in [3.05, 3.63) is 34.2 Å². The third kappa shape index (κ3) is 2.98. The molecule has 2 aromatic rings. The van der Waals surface area contributed by atoms with E-state index in [1.54, 1.807) is 18.5 Å². The van der Waals surface area contributed by atoms with Crippen LogP contribution in [-0.2, 0) is 0 Å². The van der Waals surface area contributed by atoms with Gasteiger partial charge in [-0.25, -0.2) is 4.98 Å². The third-order valence-electron chi connectivity index (χ3n) is 2.20. The van der Waals surface area contributed by atoms with E-state index in [-0.39, 0.29) is 0 Å². The summed E-state index contributed by atoms with van der Waals surface area (Å²) >= 11 is 9.38. The summed E-state index contributed by atoms with van der Waals surface area (Å²) < 4.78 is 2.72. The number of nitrogens with zero attached hydrogens (tertiary/aromatic N) is 3. The van der Waals surface area contributed by atoms with Crippen LogP contribution in [-0.4, -0.2) is 14.8 Å². The molecular weight excluding hydrogens is 304 g/mol. The first kappa shape index (κ1) is 12.4. The number of aromatic nitrogens is 3. The second kappa shape index (κ2) is 5.06. The van der Waals surface area contributed by atoms with E-state index in [0.717, 1.165) is 10.2 Å². The maximum atomic E-state index is 6.07. The molecular formula is C11H12BrClN4. The molecule has 2 aromatic heterocycles. The van der Waals surface area contributed by atoms with Gasteiger partial charge in [0.15, 0.2) is 0 Å². The molecule has 0 aliphatic heterocycles. The van der Waals surface area contributed by atoms with Gasteiger partial charge >= 0.3 is 0 Å². The molecule has 0 saturated carbocycles. The zero-order chi connectivity index (χ0) is 12.4. The Balaban J connectivity index is 2.19. The quantitative estimate of drug-likeness (QED) is 0.930. The molecule has 2 rings (SSSR count). The maximum absolute atomic E-state index is 6.07. The molecule has 17 heavy (non-hydrogen) atoms. The number of nitrogens with one attached hydrogen (secondary N) is 1. The molecule has 1 N–H and O–H groups in total. The van der Waals surface area contributed by atoms with E-state index in [2.05, 4.69) is 45.2 Å². The van der Waals surface area contributed by atoms with E-state index in [4.69, 9.17) is 11.6 Å². The molecule has 90 valence electrons. The van der Waals surface area contributed by atoms with Crippen LogP contribution in [0.3, 0.4) is 0 Å².